The van der Waals surface area contributed by atoms with Crippen molar-refractivity contribution < 1.29 is 77.0 Å². The molecule has 14 amide bonds. The molecule has 0 saturated carbocycles. The Morgan fingerprint density at radius 3 is 1.36 bits per heavy atom. The lowest BCUT2D eigenvalue weighted by Crippen LogP contribution is -2.61. The van der Waals surface area contributed by atoms with E-state index in [0.717, 1.165) is 5.56 Å². The monoisotopic (exact) mass is 1700 g/mol. The number of nitrogens with two attached hydrogens (primary N) is 2. The van der Waals surface area contributed by atoms with Gasteiger partial charge in [0.1, 0.15) is 66.5 Å². The maximum Gasteiger partial charge on any atom is 0.303 e. The van der Waals surface area contributed by atoms with E-state index < -0.39 is 193 Å². The number of imidazole rings is 1. The topological polar surface area (TPSA) is 581 Å². The summed E-state index contributed by atoms with van der Waals surface area (Å²) in [7, 11) is 0. The first kappa shape index (κ1) is 93.7. The minimum Gasteiger partial charge on any atom is -0.481 e. The summed E-state index contributed by atoms with van der Waals surface area (Å²) in [6.45, 7) is 4.14. The van der Waals surface area contributed by atoms with Crippen molar-refractivity contribution in [2.24, 2.45) is 17.4 Å². The Bertz CT molecular complexity index is 4670. The third-order valence-electron chi connectivity index (χ3n) is 18.8. The Morgan fingerprint density at radius 1 is 0.445 bits per heavy atom. The van der Waals surface area contributed by atoms with Gasteiger partial charge in [0.05, 0.1) is 25.0 Å². The maximum absolute atomic E-state index is 14.9. The van der Waals surface area contributed by atoms with Crippen molar-refractivity contribution in [1.82, 2.24) is 94.4 Å². The summed E-state index contributed by atoms with van der Waals surface area (Å²) in [5.74, 6) is -16.0. The summed E-state index contributed by atoms with van der Waals surface area (Å²) in [6, 6.07) is 15.4. The van der Waals surface area contributed by atoms with Gasteiger partial charge in [-0.3, -0.25) is 77.3 Å². The number of H-pyrrole nitrogens is 3. The van der Waals surface area contributed by atoms with Gasteiger partial charge in [-0.1, -0.05) is 111 Å². The number of para-hydroxylation sites is 2. The predicted molar refractivity (Wildman–Crippen MR) is 450 cm³/mol. The number of rotatable bonds is 49. The number of hydrogen-bond acceptors (Lipinski definition) is 20. The van der Waals surface area contributed by atoms with Gasteiger partial charge in [-0.25, -0.2) is 4.98 Å². The number of amides is 14. The van der Waals surface area contributed by atoms with Crippen LogP contribution in [0.2, 0.25) is 0 Å². The number of carbonyl (C=O) groups is 15. The van der Waals surface area contributed by atoms with Crippen LogP contribution in [-0.4, -0.2) is 223 Å². The molecule has 0 saturated heterocycles. The molecule has 11 atom stereocenters. The van der Waals surface area contributed by atoms with Gasteiger partial charge < -0.3 is 106 Å². The van der Waals surface area contributed by atoms with E-state index in [9.17, 15) is 77.0 Å². The summed E-state index contributed by atoms with van der Waals surface area (Å²) < 4.78 is 0. The van der Waals surface area contributed by atoms with Crippen LogP contribution in [0.5, 0.6) is 0 Å². The third kappa shape index (κ3) is 30.8. The van der Waals surface area contributed by atoms with Crippen LogP contribution in [0.4, 0.5) is 0 Å². The van der Waals surface area contributed by atoms with Crippen LogP contribution in [-0.2, 0) is 104 Å². The number of nitrogens with one attached hydrogen (secondary N) is 18. The summed E-state index contributed by atoms with van der Waals surface area (Å²) >= 11 is 12.9. The second-order valence-electron chi connectivity index (χ2n) is 28.5. The van der Waals surface area contributed by atoms with Crippen LogP contribution in [0.25, 0.3) is 21.8 Å². The number of primary amides is 1. The highest BCUT2D eigenvalue weighted by Gasteiger charge is 2.38. The fourth-order valence-electron chi connectivity index (χ4n) is 12.7. The molecule has 0 aliphatic carbocycles. The van der Waals surface area contributed by atoms with Crippen molar-refractivity contribution in [1.29, 1.82) is 5.41 Å². The predicted octanol–water partition coefficient (Wildman–Crippen LogP) is -1.69. The second kappa shape index (κ2) is 47.7. The van der Waals surface area contributed by atoms with Crippen LogP contribution in [0.15, 0.2) is 134 Å². The number of aliphatic carboxylic acids is 1. The number of fused-ring (bicyclic) bond motifs is 2. The highest BCUT2D eigenvalue weighted by molar-refractivity contribution is 7.80. The number of hydrogen-bond donors (Lipinski definition) is 24. The van der Waals surface area contributed by atoms with E-state index in [1.54, 1.807) is 105 Å². The summed E-state index contributed by atoms with van der Waals surface area (Å²) in [5.41, 5.74) is 15.4. The first-order valence-electron chi connectivity index (χ1n) is 38.3. The van der Waals surface area contributed by atoms with Gasteiger partial charge in [0.15, 0.2) is 5.96 Å². The fourth-order valence-corrected chi connectivity index (χ4v) is 13.5. The van der Waals surface area contributed by atoms with Crippen molar-refractivity contribution in [3.05, 3.63) is 162 Å². The molecule has 3 aromatic heterocycles. The van der Waals surface area contributed by atoms with Gasteiger partial charge in [-0.2, -0.15) is 37.9 Å². The molecular formula is C79H103N21O16S3. The van der Waals surface area contributed by atoms with Crippen molar-refractivity contribution in [2.75, 3.05) is 36.9 Å². The molecule has 7 aromatic rings. The summed E-state index contributed by atoms with van der Waals surface area (Å²) in [5, 5.41) is 55.1. The second-order valence-corrected chi connectivity index (χ2v) is 29.6. The number of carboxylic acids is 1. The Labute approximate surface area is 701 Å². The largest absolute Gasteiger partial charge is 0.481 e. The van der Waals surface area contributed by atoms with Crippen LogP contribution in [0.1, 0.15) is 87.2 Å². The fraction of sp³-hybridized carbons (Fsp3) is 0.405. The lowest BCUT2D eigenvalue weighted by atomic mass is 9.99. The minimum absolute atomic E-state index is 0.0268. The molecule has 0 spiro atoms. The average molecular weight is 1700 g/mol. The van der Waals surface area contributed by atoms with E-state index in [2.05, 4.69) is 132 Å². The van der Waals surface area contributed by atoms with E-state index in [1.165, 1.54) is 19.4 Å². The van der Waals surface area contributed by atoms with Crippen LogP contribution >= 0.6 is 37.9 Å². The van der Waals surface area contributed by atoms with E-state index in [4.69, 9.17) is 16.9 Å². The Morgan fingerprint density at radius 2 is 0.866 bits per heavy atom. The van der Waals surface area contributed by atoms with Crippen molar-refractivity contribution in [3.8, 4) is 0 Å². The molecule has 0 bridgehead atoms. The van der Waals surface area contributed by atoms with Crippen LogP contribution in [0.3, 0.4) is 0 Å². The number of benzene rings is 4. The van der Waals surface area contributed by atoms with Gasteiger partial charge in [-0.05, 0) is 72.4 Å². The highest BCUT2D eigenvalue weighted by Crippen LogP contribution is 2.22. The van der Waals surface area contributed by atoms with Crippen molar-refractivity contribution in [3.63, 3.8) is 0 Å². The molecule has 0 aliphatic heterocycles. The number of carboxylic acid groups (broad SMARTS) is 1. The third-order valence-corrected chi connectivity index (χ3v) is 19.9. The first-order chi connectivity index (χ1) is 56.9. The normalized spacial score (nSPS) is 13.9. The number of nitrogens with zero attached hydrogens (tertiary/aromatic N) is 1. The van der Waals surface area contributed by atoms with Crippen molar-refractivity contribution in [2.45, 2.75) is 158 Å². The first-order valence-corrected chi connectivity index (χ1v) is 40.2. The molecule has 0 unspecified atom stereocenters. The Balaban J connectivity index is 1.08. The standard InChI is InChI=1S/C79H103N21O16S3/c1-43(2)29-56(94-74(112)59(32-48-36-87-53-22-13-11-20-51(48)53)95-75(113)60(33-49-37-83-42-89-49)97-77(115)63(40-118)90-44(3)101)71(109)93-55(24-25-67(104)105)70(108)98-61(34-65(80)102)76(114)100-64(41-119)78(116)96-58(31-47-35-86-52-21-12-10-19-50(47)52)73(111)92-54(23-14-27-85-79(81)82)68(106)88-38-66(103)91-57(30-46-17-8-5-9-18-46)72(110)99-62(39-117)69(107)84-28-26-45-15-6-4-7-16-45/h4-13,15-22,35-37,42-43,54-64,86-87,117-119H,14,23-34,38-41H2,1-3H3,(H2,80,102)(H,83,89)(H,84,107)(H,88,106)(H,90,101)(H,91,103)(H,92,111)(H,93,109)(H,94,112)(H,95,113)(H,96,116)(H,97,115)(H,98,108)(H,99,110)(H,100,114)(H,104,105)(H4,81,82,85)/t54-,55-,56-,57-,58-,59-,60-,61-,62-,63-,64-/m0/s1. The zero-order valence-corrected chi connectivity index (χ0v) is 68.3. The molecule has 37 nitrogen and oxygen atoms in total. The molecule has 119 heavy (non-hydrogen) atoms. The molecule has 23 N–H and O–H groups in total. The molecule has 4 aromatic carbocycles. The quantitative estimate of drug-likeness (QED) is 0.00875. The smallest absolute Gasteiger partial charge is 0.303 e. The molecule has 0 fully saturated rings. The Hall–Kier alpha value is -12.5. The molecule has 7 rings (SSSR count). The van der Waals surface area contributed by atoms with Gasteiger partial charge in [-0.15, -0.1) is 0 Å². The SMILES string of the molecule is CC(=O)N[C@@H](CS)C(=O)N[C@@H](Cc1c[nH]cn1)C(=O)N[C@@H](Cc1c[nH]c2ccccc12)C(=O)N[C@@H](CC(C)C)C(=O)N[C@@H](CCC(=O)O)C(=O)N[C@@H](CC(N)=O)C(=O)N[C@@H](CS)C(=O)N[C@@H](Cc1c[nH]c2ccccc12)C(=O)N[C@@H](CCCNC(=N)N)C(=O)NCC(=O)N[C@@H](Cc1ccccc1)C(=O)N[C@@H](CS)C(=O)NCCc1ccccc1. The summed E-state index contributed by atoms with van der Waals surface area (Å²) in [6.07, 6.45) is 3.17. The van der Waals surface area contributed by atoms with Crippen LogP contribution in [0, 0.1) is 11.3 Å². The molecule has 0 aliphatic rings. The molecule has 0 radical (unpaired) electrons. The average Bonchev–Trinajstić information content (AvgIpc) is 1.69. The number of thiol groups is 3. The van der Waals surface area contributed by atoms with Gasteiger partial charge >= 0.3 is 5.97 Å². The van der Waals surface area contributed by atoms with Crippen LogP contribution < -0.4 is 85.9 Å². The molecule has 638 valence electrons. The maximum atomic E-state index is 14.9. The lowest BCUT2D eigenvalue weighted by Gasteiger charge is -2.28. The zero-order chi connectivity index (χ0) is 86.7. The highest BCUT2D eigenvalue weighted by atomic mass is 32.1. The van der Waals surface area contributed by atoms with E-state index in [-0.39, 0.29) is 75.5 Å². The molecule has 3 heterocycles. The van der Waals surface area contributed by atoms with Gasteiger partial charge in [0.2, 0.25) is 82.7 Å². The van der Waals surface area contributed by atoms with E-state index in [0.29, 0.717) is 50.6 Å². The number of aromatic amines is 3. The number of guanidine groups is 1. The zero-order valence-electron chi connectivity index (χ0n) is 65.7. The van der Waals surface area contributed by atoms with E-state index in [1.807, 2.05) is 30.3 Å². The number of aromatic nitrogens is 4. The Kier molecular flexibility index (Phi) is 37.5. The molecular weight excluding hydrogens is 1600 g/mol. The molecule has 40 heteroatoms. The van der Waals surface area contributed by atoms with Gasteiger partial charge in [0.25, 0.3) is 0 Å². The minimum atomic E-state index is -1.97. The number of carbonyl (C=O) groups excluding carboxylic acids is 14. The van der Waals surface area contributed by atoms with Gasteiger partial charge in [0, 0.05) is 110 Å². The summed E-state index contributed by atoms with van der Waals surface area (Å²) in [4.78, 5) is 222. The van der Waals surface area contributed by atoms with E-state index >= 15 is 0 Å². The lowest BCUT2D eigenvalue weighted by molar-refractivity contribution is -0.139. The van der Waals surface area contributed by atoms with Crippen molar-refractivity contribution >= 4 is 154 Å².